The fourth-order valence-electron chi connectivity index (χ4n) is 13.4. The fourth-order valence-corrected chi connectivity index (χ4v) is 13.4. The van der Waals surface area contributed by atoms with Crippen molar-refractivity contribution in [3.8, 4) is 11.8 Å². The standard InChI is InChI=1S/C46H53F2N5O8/c1-8-43-12-9-14-53-15-13-44(37(43)53)31-18-32(35(58-5)19-34(31)51(4)38(44)46(57,41(56)60-7)39(43)61-25(2)54)45(40(55)59-6)20-27-16-28(42(3,47)48)23-52(22-27)24-30-29-17-26(21-49)10-11-33(29)50-36(30)45/h9-12,17-19,27-28,37-39,50,57H,8,13-16,20,22-24H2,1-7H3/t27-,28+,37-,38+,39+,43+,44+,45-,46-/m0/s1. The van der Waals surface area contributed by atoms with Crippen molar-refractivity contribution < 1.29 is 47.2 Å². The minimum absolute atomic E-state index is 0.0902. The van der Waals surface area contributed by atoms with Crippen molar-refractivity contribution in [2.75, 3.05) is 59.5 Å². The maximum Gasteiger partial charge on any atom is 0.344 e. The van der Waals surface area contributed by atoms with E-state index in [0.29, 0.717) is 77.2 Å². The van der Waals surface area contributed by atoms with Crippen LogP contribution in [0.25, 0.3) is 10.9 Å². The number of aliphatic hydroxyl groups is 1. The molecule has 1 aromatic heterocycles. The lowest BCUT2D eigenvalue weighted by molar-refractivity contribution is -0.228. The summed E-state index contributed by atoms with van der Waals surface area (Å²) in [6.07, 6.45) is 3.82. The topological polar surface area (TPSA) is 158 Å². The maximum absolute atomic E-state index is 15.4. The van der Waals surface area contributed by atoms with Gasteiger partial charge in [-0.15, -0.1) is 0 Å². The number of nitrogens with zero attached hydrogens (tertiary/aromatic N) is 4. The lowest BCUT2D eigenvalue weighted by atomic mass is 9.47. The zero-order valence-electron chi connectivity index (χ0n) is 35.6. The van der Waals surface area contributed by atoms with Crippen LogP contribution in [0.5, 0.6) is 5.75 Å². The number of nitriles is 1. The van der Waals surface area contributed by atoms with Gasteiger partial charge < -0.3 is 33.9 Å². The van der Waals surface area contributed by atoms with Crippen molar-refractivity contribution in [3.63, 3.8) is 0 Å². The Labute approximate surface area is 353 Å². The molecule has 0 amide bonds. The number of carbonyl (C=O) groups is 3. The van der Waals surface area contributed by atoms with E-state index in [2.05, 4.69) is 16.0 Å². The van der Waals surface area contributed by atoms with E-state index in [1.165, 1.54) is 28.3 Å². The Morgan fingerprint density at radius 2 is 1.82 bits per heavy atom. The Bertz CT molecular complexity index is 2430. The molecule has 5 aliphatic heterocycles. The highest BCUT2D eigenvalue weighted by Gasteiger charge is 2.80. The number of fused-ring (bicyclic) bond motifs is 6. The molecule has 61 heavy (non-hydrogen) atoms. The van der Waals surface area contributed by atoms with Gasteiger partial charge in [0, 0.05) is 96.9 Å². The first-order chi connectivity index (χ1) is 29.0. The third kappa shape index (κ3) is 5.40. The number of anilines is 1. The van der Waals surface area contributed by atoms with E-state index in [9.17, 15) is 20.0 Å². The molecule has 1 aliphatic carbocycles. The van der Waals surface area contributed by atoms with Gasteiger partial charge in [-0.1, -0.05) is 19.1 Å². The predicted octanol–water partition coefficient (Wildman–Crippen LogP) is 4.95. The maximum atomic E-state index is 15.4. The Balaban J connectivity index is 1.36. The second kappa shape index (κ2) is 14.0. The lowest BCUT2D eigenvalue weighted by Gasteiger charge is -2.63. The molecular formula is C46H53F2N5O8. The summed E-state index contributed by atoms with van der Waals surface area (Å²) in [6, 6.07) is 9.89. The van der Waals surface area contributed by atoms with E-state index in [1.807, 2.05) is 41.0 Å². The zero-order chi connectivity index (χ0) is 43.6. The third-order valence-corrected chi connectivity index (χ3v) is 15.5. The number of likely N-dealkylation sites (N-methyl/N-ethyl adjacent to an activating group) is 1. The molecule has 2 aromatic carbocycles. The molecule has 1 saturated carbocycles. The van der Waals surface area contributed by atoms with Crippen LogP contribution >= 0.6 is 0 Å². The molecule has 10 atom stereocenters. The normalized spacial score (nSPS) is 34.9. The third-order valence-electron chi connectivity index (χ3n) is 15.5. The number of aromatic nitrogens is 1. The molecule has 2 bridgehead atoms. The van der Waals surface area contributed by atoms with Crippen molar-refractivity contribution in [2.45, 2.75) is 93.5 Å². The number of aromatic amines is 1. The first-order valence-corrected chi connectivity index (χ1v) is 21.1. The average molecular weight is 842 g/mol. The molecule has 1 spiro atoms. The van der Waals surface area contributed by atoms with E-state index in [0.717, 1.165) is 12.5 Å². The molecule has 1 unspecified atom stereocenters. The molecule has 324 valence electrons. The summed E-state index contributed by atoms with van der Waals surface area (Å²) in [6.45, 7) is 6.21. The molecule has 0 radical (unpaired) electrons. The van der Waals surface area contributed by atoms with Crippen LogP contribution in [0, 0.1) is 28.6 Å². The van der Waals surface area contributed by atoms with E-state index >= 15 is 13.6 Å². The number of hydrogen-bond acceptors (Lipinski definition) is 12. The summed E-state index contributed by atoms with van der Waals surface area (Å²) < 4.78 is 54.4. The van der Waals surface area contributed by atoms with Crippen LogP contribution in [0.1, 0.15) is 74.4 Å². The largest absolute Gasteiger partial charge is 0.496 e. The van der Waals surface area contributed by atoms with Crippen LogP contribution in [-0.4, -0.2) is 122 Å². The van der Waals surface area contributed by atoms with Crippen molar-refractivity contribution in [1.29, 1.82) is 5.26 Å². The monoisotopic (exact) mass is 841 g/mol. The summed E-state index contributed by atoms with van der Waals surface area (Å²) in [5.74, 6) is -6.23. The quantitative estimate of drug-likeness (QED) is 0.188. The first kappa shape index (κ1) is 41.3. The Morgan fingerprint density at radius 1 is 1.07 bits per heavy atom. The number of alkyl halides is 2. The molecule has 2 N–H and O–H groups in total. The smallest absolute Gasteiger partial charge is 0.344 e. The lowest BCUT2D eigenvalue weighted by Crippen LogP contribution is -2.81. The van der Waals surface area contributed by atoms with Crippen LogP contribution in [0.15, 0.2) is 42.5 Å². The average Bonchev–Trinajstić information content (AvgIpc) is 3.89. The van der Waals surface area contributed by atoms with Gasteiger partial charge in [-0.3, -0.25) is 19.4 Å². The Kier molecular flexibility index (Phi) is 9.47. The number of methoxy groups -OCH3 is 3. The van der Waals surface area contributed by atoms with Gasteiger partial charge in [-0.25, -0.2) is 13.6 Å². The van der Waals surface area contributed by atoms with Crippen LogP contribution in [0.4, 0.5) is 14.5 Å². The van der Waals surface area contributed by atoms with Crippen molar-refractivity contribution in [3.05, 3.63) is 70.4 Å². The predicted molar refractivity (Wildman–Crippen MR) is 219 cm³/mol. The number of esters is 3. The van der Waals surface area contributed by atoms with Crippen LogP contribution < -0.4 is 9.64 Å². The van der Waals surface area contributed by atoms with Crippen LogP contribution in [0.3, 0.4) is 0 Å². The minimum atomic E-state index is -2.99. The van der Waals surface area contributed by atoms with Crippen molar-refractivity contribution >= 4 is 34.5 Å². The van der Waals surface area contributed by atoms with Gasteiger partial charge in [0.2, 0.25) is 11.5 Å². The zero-order valence-corrected chi connectivity index (χ0v) is 35.6. The Morgan fingerprint density at radius 3 is 2.48 bits per heavy atom. The fraction of sp³-hybridized carbons (Fsp3) is 0.565. The number of hydrogen-bond donors (Lipinski definition) is 2. The van der Waals surface area contributed by atoms with Gasteiger partial charge >= 0.3 is 17.9 Å². The van der Waals surface area contributed by atoms with Crippen molar-refractivity contribution in [1.82, 2.24) is 14.8 Å². The van der Waals surface area contributed by atoms with Crippen LogP contribution in [-0.2, 0) is 46.0 Å². The number of piperidine rings is 1. The van der Waals surface area contributed by atoms with Gasteiger partial charge in [0.1, 0.15) is 11.2 Å². The minimum Gasteiger partial charge on any atom is -0.496 e. The highest BCUT2D eigenvalue weighted by atomic mass is 19.3. The number of H-pyrrole nitrogens is 1. The van der Waals surface area contributed by atoms with Gasteiger partial charge in [0.25, 0.3) is 0 Å². The molecule has 13 nitrogen and oxygen atoms in total. The molecule has 9 rings (SSSR count). The van der Waals surface area contributed by atoms with Gasteiger partial charge in [0.15, 0.2) is 6.10 Å². The van der Waals surface area contributed by atoms with Gasteiger partial charge in [-0.05, 0) is 80.5 Å². The summed E-state index contributed by atoms with van der Waals surface area (Å²) in [5.41, 5.74) is -1.92. The first-order valence-electron chi connectivity index (χ1n) is 21.1. The van der Waals surface area contributed by atoms with Gasteiger partial charge in [0.05, 0.1) is 39.0 Å². The highest BCUT2D eigenvalue weighted by Crippen LogP contribution is 2.68. The highest BCUT2D eigenvalue weighted by molar-refractivity contribution is 5.95. The summed E-state index contributed by atoms with van der Waals surface area (Å²) in [7, 11) is 5.84. The number of halogens is 2. The molecule has 3 fully saturated rings. The van der Waals surface area contributed by atoms with Gasteiger partial charge in [-0.2, -0.15) is 5.26 Å². The van der Waals surface area contributed by atoms with Crippen molar-refractivity contribution in [2.24, 2.45) is 17.3 Å². The summed E-state index contributed by atoms with van der Waals surface area (Å²) >= 11 is 0. The molecule has 3 aromatic rings. The number of nitrogens with one attached hydrogen (secondary N) is 1. The van der Waals surface area contributed by atoms with E-state index in [4.69, 9.17) is 18.9 Å². The second-order valence-electron chi connectivity index (χ2n) is 18.3. The molecule has 15 heteroatoms. The molecular weight excluding hydrogens is 789 g/mol. The van der Waals surface area contributed by atoms with E-state index in [1.54, 1.807) is 25.2 Å². The molecule has 6 aliphatic rings. The summed E-state index contributed by atoms with van der Waals surface area (Å²) in [5, 5.41) is 24.0. The number of benzene rings is 2. The number of carbonyl (C=O) groups excluding carboxylic acids is 3. The van der Waals surface area contributed by atoms with E-state index < -0.39 is 69.8 Å². The van der Waals surface area contributed by atoms with Crippen LogP contribution in [0.2, 0.25) is 0 Å². The second-order valence-corrected chi connectivity index (χ2v) is 18.3. The molecule has 6 heterocycles. The molecule has 2 saturated heterocycles. The SMILES string of the molecule is CC[C@]12C=CCN3CC[C@@]4(c5cc([C@@]6(C(=O)OC)C[C@@H]7C[C@@H](C(C)(F)F)CN(Cc8c6[nH]c6ccc(C#N)cc86)C7)c(OC)cc5N(C)[C@H]4[C@@](O)(C(=O)OC)[C@@H]1OC(C)=O)[C@@H]32. The summed E-state index contributed by atoms with van der Waals surface area (Å²) in [4.78, 5) is 52.4. The number of ether oxygens (including phenoxy) is 4. The number of rotatable bonds is 7. The van der Waals surface area contributed by atoms with E-state index in [-0.39, 0.29) is 31.8 Å². The Hall–Kier alpha value is -5.04.